The van der Waals surface area contributed by atoms with E-state index in [-0.39, 0.29) is 5.91 Å². The number of aryl methyl sites for hydroxylation is 3. The summed E-state index contributed by atoms with van der Waals surface area (Å²) in [6, 6.07) is 0. The van der Waals surface area contributed by atoms with Gasteiger partial charge in [-0.3, -0.25) is 14.6 Å². The molecule has 118 valence electrons. The maximum Gasteiger partial charge on any atom is 0.220 e. The number of carbonyl (C=O) groups is 1. The van der Waals surface area contributed by atoms with E-state index in [9.17, 15) is 4.79 Å². The third-order valence-electron chi connectivity index (χ3n) is 4.23. The molecule has 0 unspecified atom stereocenters. The molecule has 1 aliphatic rings. The number of rotatable bonds is 6. The molecule has 0 saturated carbocycles. The van der Waals surface area contributed by atoms with E-state index in [1.165, 1.54) is 24.1 Å². The molecule has 22 heavy (non-hydrogen) atoms. The Morgan fingerprint density at radius 1 is 1.36 bits per heavy atom. The molecular weight excluding hydrogens is 278 g/mol. The SMILES string of the molecule is Cn1cc(CCNC(=O)CCc2n[nH]c3c2CCCC3)cn1. The number of nitrogens with zero attached hydrogens (tertiary/aromatic N) is 3. The summed E-state index contributed by atoms with van der Waals surface area (Å²) in [6.07, 6.45) is 10.5. The Kier molecular flexibility index (Phi) is 4.56. The van der Waals surface area contributed by atoms with Gasteiger partial charge >= 0.3 is 0 Å². The van der Waals surface area contributed by atoms with Gasteiger partial charge in [0.15, 0.2) is 0 Å². The van der Waals surface area contributed by atoms with E-state index in [1.807, 2.05) is 19.4 Å². The molecule has 0 aliphatic heterocycles. The number of nitrogens with one attached hydrogen (secondary N) is 2. The lowest BCUT2D eigenvalue weighted by Crippen LogP contribution is -2.26. The maximum atomic E-state index is 11.9. The molecule has 0 radical (unpaired) electrons. The van der Waals surface area contributed by atoms with Gasteiger partial charge in [-0.15, -0.1) is 0 Å². The highest BCUT2D eigenvalue weighted by atomic mass is 16.1. The molecule has 6 nitrogen and oxygen atoms in total. The Balaban J connectivity index is 1.41. The molecular formula is C16H23N5O. The van der Waals surface area contributed by atoms with Crippen LogP contribution in [0.25, 0.3) is 0 Å². The minimum atomic E-state index is 0.0939. The predicted octanol–water partition coefficient (Wildman–Crippen LogP) is 1.31. The first kappa shape index (κ1) is 14.8. The third kappa shape index (κ3) is 3.55. The van der Waals surface area contributed by atoms with Crippen molar-refractivity contribution in [2.45, 2.75) is 44.9 Å². The number of hydrogen-bond acceptors (Lipinski definition) is 3. The van der Waals surface area contributed by atoms with Crippen molar-refractivity contribution in [2.75, 3.05) is 6.54 Å². The molecule has 1 amide bonds. The van der Waals surface area contributed by atoms with Gasteiger partial charge in [-0.05, 0) is 43.2 Å². The highest BCUT2D eigenvalue weighted by Gasteiger charge is 2.17. The topological polar surface area (TPSA) is 75.6 Å². The Hall–Kier alpha value is -2.11. The fourth-order valence-corrected chi connectivity index (χ4v) is 3.02. The Labute approximate surface area is 130 Å². The third-order valence-corrected chi connectivity index (χ3v) is 4.23. The quantitative estimate of drug-likeness (QED) is 0.845. The lowest BCUT2D eigenvalue weighted by Gasteiger charge is -2.11. The van der Waals surface area contributed by atoms with Crippen LogP contribution >= 0.6 is 0 Å². The summed E-state index contributed by atoms with van der Waals surface area (Å²) in [5, 5.41) is 14.6. The molecule has 6 heteroatoms. The van der Waals surface area contributed by atoms with Gasteiger partial charge in [0.05, 0.1) is 11.9 Å². The highest BCUT2D eigenvalue weighted by Crippen LogP contribution is 2.22. The van der Waals surface area contributed by atoms with Gasteiger partial charge in [-0.2, -0.15) is 10.2 Å². The first-order chi connectivity index (χ1) is 10.7. The Morgan fingerprint density at radius 3 is 3.05 bits per heavy atom. The van der Waals surface area contributed by atoms with Crippen molar-refractivity contribution < 1.29 is 4.79 Å². The van der Waals surface area contributed by atoms with Crippen molar-refractivity contribution in [1.82, 2.24) is 25.3 Å². The van der Waals surface area contributed by atoms with Crippen molar-refractivity contribution in [2.24, 2.45) is 7.05 Å². The van der Waals surface area contributed by atoms with Crippen molar-refractivity contribution in [3.05, 3.63) is 34.9 Å². The van der Waals surface area contributed by atoms with Crippen LogP contribution in [-0.2, 0) is 37.5 Å². The summed E-state index contributed by atoms with van der Waals surface area (Å²) in [5.74, 6) is 0.0939. The van der Waals surface area contributed by atoms with Gasteiger partial charge in [-0.1, -0.05) is 0 Å². The number of amides is 1. The van der Waals surface area contributed by atoms with E-state index in [1.54, 1.807) is 4.68 Å². The number of carbonyl (C=O) groups excluding carboxylic acids is 1. The molecule has 0 spiro atoms. The van der Waals surface area contributed by atoms with Gasteiger partial charge in [0.1, 0.15) is 0 Å². The van der Waals surface area contributed by atoms with Crippen molar-refractivity contribution in [1.29, 1.82) is 0 Å². The van der Waals surface area contributed by atoms with Gasteiger partial charge in [0.25, 0.3) is 0 Å². The first-order valence-electron chi connectivity index (χ1n) is 8.01. The maximum absolute atomic E-state index is 11.9. The number of hydrogen-bond donors (Lipinski definition) is 2. The number of fused-ring (bicyclic) bond motifs is 1. The summed E-state index contributed by atoms with van der Waals surface area (Å²) < 4.78 is 1.78. The van der Waals surface area contributed by atoms with Crippen LogP contribution in [0.3, 0.4) is 0 Å². The first-order valence-corrected chi connectivity index (χ1v) is 8.01. The second-order valence-corrected chi connectivity index (χ2v) is 5.96. The summed E-state index contributed by atoms with van der Waals surface area (Å²) in [4.78, 5) is 11.9. The van der Waals surface area contributed by atoms with E-state index in [0.29, 0.717) is 13.0 Å². The minimum absolute atomic E-state index is 0.0939. The monoisotopic (exact) mass is 301 g/mol. The molecule has 2 aromatic heterocycles. The molecule has 3 rings (SSSR count). The number of aromatic nitrogens is 4. The van der Waals surface area contributed by atoms with E-state index < -0.39 is 0 Å². The van der Waals surface area contributed by atoms with Gasteiger partial charge in [-0.25, -0.2) is 0 Å². The highest BCUT2D eigenvalue weighted by molar-refractivity contribution is 5.76. The summed E-state index contributed by atoms with van der Waals surface area (Å²) >= 11 is 0. The van der Waals surface area contributed by atoms with Crippen LogP contribution in [0.1, 0.15) is 41.8 Å². The number of aromatic amines is 1. The average molecular weight is 301 g/mol. The lowest BCUT2D eigenvalue weighted by molar-refractivity contribution is -0.121. The molecule has 2 heterocycles. The van der Waals surface area contributed by atoms with Crippen LogP contribution in [0.15, 0.2) is 12.4 Å². The minimum Gasteiger partial charge on any atom is -0.356 e. The summed E-state index contributed by atoms with van der Waals surface area (Å²) in [5.41, 5.74) is 4.86. The second kappa shape index (κ2) is 6.77. The van der Waals surface area contributed by atoms with Crippen molar-refractivity contribution >= 4 is 5.91 Å². The summed E-state index contributed by atoms with van der Waals surface area (Å²) in [7, 11) is 1.90. The fraction of sp³-hybridized carbons (Fsp3) is 0.562. The second-order valence-electron chi connectivity index (χ2n) is 5.96. The van der Waals surface area contributed by atoms with Gasteiger partial charge in [0.2, 0.25) is 5.91 Å². The van der Waals surface area contributed by atoms with E-state index in [0.717, 1.165) is 36.9 Å². The lowest BCUT2D eigenvalue weighted by atomic mass is 9.94. The Bertz CT molecular complexity index is 643. The number of H-pyrrole nitrogens is 1. The van der Waals surface area contributed by atoms with Gasteiger partial charge < -0.3 is 5.32 Å². The molecule has 0 saturated heterocycles. The van der Waals surface area contributed by atoms with Crippen LogP contribution < -0.4 is 5.32 Å². The van der Waals surface area contributed by atoms with Crippen LogP contribution in [0.2, 0.25) is 0 Å². The van der Waals surface area contributed by atoms with Crippen LogP contribution in [-0.4, -0.2) is 32.4 Å². The van der Waals surface area contributed by atoms with Crippen molar-refractivity contribution in [3.8, 4) is 0 Å². The largest absolute Gasteiger partial charge is 0.356 e. The van der Waals surface area contributed by atoms with E-state index in [4.69, 9.17) is 0 Å². The molecule has 1 aliphatic carbocycles. The molecule has 2 N–H and O–H groups in total. The van der Waals surface area contributed by atoms with Crippen LogP contribution in [0, 0.1) is 0 Å². The fourth-order valence-electron chi connectivity index (χ4n) is 3.02. The van der Waals surface area contributed by atoms with E-state index >= 15 is 0 Å². The summed E-state index contributed by atoms with van der Waals surface area (Å²) in [6.45, 7) is 0.656. The molecule has 0 fully saturated rings. The predicted molar refractivity (Wildman–Crippen MR) is 83.5 cm³/mol. The molecule has 2 aromatic rings. The normalized spacial score (nSPS) is 13.9. The smallest absolute Gasteiger partial charge is 0.220 e. The standard InChI is InChI=1S/C16H23N5O/c1-21-11-12(10-18-21)8-9-17-16(22)7-6-15-13-4-2-3-5-14(13)19-20-15/h10-11H,2-9H2,1H3,(H,17,22)(H,19,20). The van der Waals surface area contributed by atoms with Crippen LogP contribution in [0.5, 0.6) is 0 Å². The van der Waals surface area contributed by atoms with Crippen molar-refractivity contribution in [3.63, 3.8) is 0 Å². The zero-order valence-electron chi connectivity index (χ0n) is 13.1. The van der Waals surface area contributed by atoms with Crippen LogP contribution in [0.4, 0.5) is 0 Å². The van der Waals surface area contributed by atoms with E-state index in [2.05, 4.69) is 20.6 Å². The zero-order chi connectivity index (χ0) is 15.4. The zero-order valence-corrected chi connectivity index (χ0v) is 13.1. The average Bonchev–Trinajstić information content (AvgIpc) is 3.11. The van der Waals surface area contributed by atoms with Gasteiger partial charge in [0, 0.05) is 38.3 Å². The molecule has 0 bridgehead atoms. The Morgan fingerprint density at radius 2 is 2.23 bits per heavy atom. The molecule has 0 atom stereocenters. The molecule has 0 aromatic carbocycles.